The highest BCUT2D eigenvalue weighted by Crippen LogP contribution is 2.20. The van der Waals surface area contributed by atoms with Gasteiger partial charge in [-0.1, -0.05) is 11.6 Å². The summed E-state index contributed by atoms with van der Waals surface area (Å²) < 4.78 is 0. The van der Waals surface area contributed by atoms with Crippen LogP contribution in [0.15, 0.2) is 12.4 Å². The SMILES string of the molecule is CC(N)C1CCN(Cc2cnc(Cl)cn2)CC1. The Balaban J connectivity index is 1.84. The molecule has 2 N–H and O–H groups in total. The predicted octanol–water partition coefficient (Wildman–Crippen LogP) is 1.69. The minimum atomic E-state index is 0.312. The second-order valence-corrected chi connectivity index (χ2v) is 5.19. The standard InChI is InChI=1S/C12H19ClN4/c1-9(14)10-2-4-17(5-3-10)8-11-6-16-12(13)7-15-11/h6-7,9-10H,2-5,8,14H2,1H3. The highest BCUT2D eigenvalue weighted by molar-refractivity contribution is 6.29. The molecular formula is C12H19ClN4. The average molecular weight is 255 g/mol. The molecule has 0 bridgehead atoms. The molecule has 1 aliphatic rings. The van der Waals surface area contributed by atoms with Crippen molar-refractivity contribution in [1.82, 2.24) is 14.9 Å². The molecule has 0 aromatic carbocycles. The number of nitrogens with zero attached hydrogens (tertiary/aromatic N) is 3. The Labute approximate surface area is 107 Å². The molecule has 1 aromatic heterocycles. The maximum atomic E-state index is 5.93. The van der Waals surface area contributed by atoms with E-state index < -0.39 is 0 Å². The Kier molecular flexibility index (Phi) is 4.31. The van der Waals surface area contributed by atoms with E-state index in [4.69, 9.17) is 17.3 Å². The number of likely N-dealkylation sites (tertiary alicyclic amines) is 1. The van der Waals surface area contributed by atoms with Gasteiger partial charge in [-0.3, -0.25) is 9.88 Å². The summed E-state index contributed by atoms with van der Waals surface area (Å²) >= 11 is 5.71. The van der Waals surface area contributed by atoms with Gasteiger partial charge in [-0.05, 0) is 38.8 Å². The van der Waals surface area contributed by atoms with Crippen LogP contribution in [-0.4, -0.2) is 34.0 Å². The highest BCUT2D eigenvalue weighted by Gasteiger charge is 2.21. The molecule has 1 saturated heterocycles. The zero-order chi connectivity index (χ0) is 12.3. The highest BCUT2D eigenvalue weighted by atomic mass is 35.5. The van der Waals surface area contributed by atoms with E-state index in [9.17, 15) is 0 Å². The molecule has 0 radical (unpaired) electrons. The Hall–Kier alpha value is -0.710. The van der Waals surface area contributed by atoms with Gasteiger partial charge in [-0.25, -0.2) is 4.98 Å². The zero-order valence-corrected chi connectivity index (χ0v) is 10.9. The van der Waals surface area contributed by atoms with Gasteiger partial charge in [0, 0.05) is 12.6 Å². The molecule has 1 aliphatic heterocycles. The molecule has 94 valence electrons. The first-order valence-corrected chi connectivity index (χ1v) is 6.47. The van der Waals surface area contributed by atoms with Gasteiger partial charge in [-0.2, -0.15) is 0 Å². The molecule has 4 nitrogen and oxygen atoms in total. The lowest BCUT2D eigenvalue weighted by Crippen LogP contribution is -2.39. The van der Waals surface area contributed by atoms with E-state index in [1.54, 1.807) is 12.4 Å². The van der Waals surface area contributed by atoms with E-state index in [1.165, 1.54) is 12.8 Å². The van der Waals surface area contributed by atoms with Crippen LogP contribution in [0.1, 0.15) is 25.5 Å². The van der Waals surface area contributed by atoms with E-state index in [0.29, 0.717) is 17.1 Å². The molecule has 2 rings (SSSR count). The van der Waals surface area contributed by atoms with Gasteiger partial charge in [0.05, 0.1) is 18.1 Å². The van der Waals surface area contributed by atoms with Crippen LogP contribution in [0.2, 0.25) is 5.15 Å². The predicted molar refractivity (Wildman–Crippen MR) is 68.7 cm³/mol. The normalized spacial score (nSPS) is 20.4. The van der Waals surface area contributed by atoms with Crippen molar-refractivity contribution < 1.29 is 0 Å². The molecule has 1 unspecified atom stereocenters. The van der Waals surface area contributed by atoms with Crippen molar-refractivity contribution >= 4 is 11.6 Å². The zero-order valence-electron chi connectivity index (χ0n) is 10.1. The molecule has 0 amide bonds. The molecule has 0 saturated carbocycles. The van der Waals surface area contributed by atoms with Crippen LogP contribution < -0.4 is 5.73 Å². The largest absolute Gasteiger partial charge is 0.328 e. The van der Waals surface area contributed by atoms with Crippen LogP contribution in [0.25, 0.3) is 0 Å². The quantitative estimate of drug-likeness (QED) is 0.892. The summed E-state index contributed by atoms with van der Waals surface area (Å²) in [6, 6.07) is 0.312. The first kappa shape index (κ1) is 12.7. The maximum Gasteiger partial charge on any atom is 0.147 e. The van der Waals surface area contributed by atoms with Gasteiger partial charge < -0.3 is 5.73 Å². The van der Waals surface area contributed by atoms with Crippen LogP contribution in [0.4, 0.5) is 0 Å². The lowest BCUT2D eigenvalue weighted by atomic mass is 9.91. The van der Waals surface area contributed by atoms with Crippen LogP contribution in [0.3, 0.4) is 0 Å². The summed E-state index contributed by atoms with van der Waals surface area (Å²) in [6.45, 7) is 5.15. The maximum absolute atomic E-state index is 5.93. The lowest BCUT2D eigenvalue weighted by Gasteiger charge is -2.33. The molecule has 0 spiro atoms. The molecule has 2 heterocycles. The van der Waals surface area contributed by atoms with Crippen molar-refractivity contribution in [2.24, 2.45) is 11.7 Å². The van der Waals surface area contributed by atoms with Crippen LogP contribution in [-0.2, 0) is 6.54 Å². The second-order valence-electron chi connectivity index (χ2n) is 4.80. The summed E-state index contributed by atoms with van der Waals surface area (Å²) in [7, 11) is 0. The molecule has 0 aliphatic carbocycles. The van der Waals surface area contributed by atoms with Crippen molar-refractivity contribution in [2.75, 3.05) is 13.1 Å². The van der Waals surface area contributed by atoms with Crippen molar-refractivity contribution in [3.8, 4) is 0 Å². The van der Waals surface area contributed by atoms with Crippen molar-refractivity contribution in [3.63, 3.8) is 0 Å². The third kappa shape index (κ3) is 3.63. The summed E-state index contributed by atoms with van der Waals surface area (Å²) in [5.74, 6) is 0.669. The Bertz CT molecular complexity index is 344. The Morgan fingerprint density at radius 3 is 2.65 bits per heavy atom. The lowest BCUT2D eigenvalue weighted by molar-refractivity contribution is 0.164. The number of rotatable bonds is 3. The van der Waals surface area contributed by atoms with E-state index in [2.05, 4.69) is 21.8 Å². The molecular weight excluding hydrogens is 236 g/mol. The first-order chi connectivity index (χ1) is 8.15. The van der Waals surface area contributed by atoms with Crippen LogP contribution in [0.5, 0.6) is 0 Å². The number of halogens is 1. The minimum absolute atomic E-state index is 0.312. The summed E-state index contributed by atoms with van der Waals surface area (Å²) in [4.78, 5) is 10.7. The molecule has 1 atom stereocenters. The summed E-state index contributed by atoms with van der Waals surface area (Å²) in [6.07, 6.45) is 5.71. The number of nitrogens with two attached hydrogens (primary N) is 1. The van der Waals surface area contributed by atoms with Gasteiger partial charge >= 0.3 is 0 Å². The minimum Gasteiger partial charge on any atom is -0.328 e. The fourth-order valence-electron chi connectivity index (χ4n) is 2.29. The van der Waals surface area contributed by atoms with Crippen molar-refractivity contribution in [2.45, 2.75) is 32.4 Å². The van der Waals surface area contributed by atoms with Crippen LogP contribution >= 0.6 is 11.6 Å². The molecule has 1 fully saturated rings. The van der Waals surface area contributed by atoms with E-state index in [1.807, 2.05) is 0 Å². The van der Waals surface area contributed by atoms with Gasteiger partial charge in [0.2, 0.25) is 0 Å². The summed E-state index contributed by atoms with van der Waals surface area (Å²) in [5.41, 5.74) is 6.91. The number of hydrogen-bond donors (Lipinski definition) is 1. The fraction of sp³-hybridized carbons (Fsp3) is 0.667. The molecule has 5 heteroatoms. The first-order valence-electron chi connectivity index (χ1n) is 6.09. The topological polar surface area (TPSA) is 55.0 Å². The smallest absolute Gasteiger partial charge is 0.147 e. The second kappa shape index (κ2) is 5.76. The van der Waals surface area contributed by atoms with E-state index >= 15 is 0 Å². The Morgan fingerprint density at radius 2 is 2.12 bits per heavy atom. The average Bonchev–Trinajstić information content (AvgIpc) is 2.33. The van der Waals surface area contributed by atoms with E-state index in [0.717, 1.165) is 25.3 Å². The number of aromatic nitrogens is 2. The monoisotopic (exact) mass is 254 g/mol. The third-order valence-corrected chi connectivity index (χ3v) is 3.63. The third-order valence-electron chi connectivity index (χ3n) is 3.44. The van der Waals surface area contributed by atoms with Gasteiger partial charge in [-0.15, -0.1) is 0 Å². The van der Waals surface area contributed by atoms with E-state index in [-0.39, 0.29) is 0 Å². The molecule has 17 heavy (non-hydrogen) atoms. The van der Waals surface area contributed by atoms with Gasteiger partial charge in [0.25, 0.3) is 0 Å². The number of hydrogen-bond acceptors (Lipinski definition) is 4. The van der Waals surface area contributed by atoms with Crippen molar-refractivity contribution in [3.05, 3.63) is 23.2 Å². The van der Waals surface area contributed by atoms with Crippen LogP contribution in [0, 0.1) is 5.92 Å². The van der Waals surface area contributed by atoms with Gasteiger partial charge in [0.1, 0.15) is 5.15 Å². The van der Waals surface area contributed by atoms with Gasteiger partial charge in [0.15, 0.2) is 0 Å². The summed E-state index contributed by atoms with van der Waals surface area (Å²) in [5, 5.41) is 0.449. The fourth-order valence-corrected chi connectivity index (χ4v) is 2.38. The Morgan fingerprint density at radius 1 is 1.41 bits per heavy atom. The number of piperidine rings is 1. The van der Waals surface area contributed by atoms with Crippen molar-refractivity contribution in [1.29, 1.82) is 0 Å². The molecule has 1 aromatic rings.